The Balaban J connectivity index is 0.000000280. The third-order valence-corrected chi connectivity index (χ3v) is 8.10. The zero-order valence-corrected chi connectivity index (χ0v) is 29.8. The summed E-state index contributed by atoms with van der Waals surface area (Å²) in [6.07, 6.45) is 3.17. The van der Waals surface area contributed by atoms with Gasteiger partial charge in [0.15, 0.2) is 11.8 Å². The Bertz CT molecular complexity index is 1060. The zero-order valence-electron chi connectivity index (χ0n) is 29.8. The molecule has 0 radical (unpaired) electrons. The Morgan fingerprint density at radius 1 is 0.848 bits per heavy atom. The molecule has 262 valence electrons. The number of nitrogens with zero attached hydrogens (tertiary/aromatic N) is 6. The van der Waals surface area contributed by atoms with Crippen LogP contribution in [0.15, 0.2) is 9.98 Å². The maximum atomic E-state index is 12.8. The monoisotopic (exact) mass is 648 g/mol. The van der Waals surface area contributed by atoms with Crippen LogP contribution in [-0.4, -0.2) is 134 Å². The van der Waals surface area contributed by atoms with Crippen LogP contribution in [0.1, 0.15) is 80.6 Å². The fourth-order valence-corrected chi connectivity index (χ4v) is 5.83. The van der Waals surface area contributed by atoms with Gasteiger partial charge in [0.1, 0.15) is 13.2 Å². The van der Waals surface area contributed by atoms with Gasteiger partial charge in [-0.1, -0.05) is 48.5 Å². The highest BCUT2D eigenvalue weighted by molar-refractivity contribution is 5.90. The predicted octanol–water partition coefficient (Wildman–Crippen LogP) is 3.34. The lowest BCUT2D eigenvalue weighted by Gasteiger charge is -2.27. The average Bonchev–Trinajstić information content (AvgIpc) is 3.84. The normalized spacial score (nSPS) is 20.5. The maximum Gasteiger partial charge on any atom is 0.228 e. The van der Waals surface area contributed by atoms with E-state index in [1.165, 1.54) is 0 Å². The largest absolute Gasteiger partial charge is 0.479 e. The van der Waals surface area contributed by atoms with Crippen LogP contribution in [0.25, 0.3) is 0 Å². The van der Waals surface area contributed by atoms with Crippen molar-refractivity contribution in [2.75, 3.05) is 79.2 Å². The lowest BCUT2D eigenvalue weighted by molar-refractivity contribution is -0.137. The minimum atomic E-state index is -0.241. The summed E-state index contributed by atoms with van der Waals surface area (Å²) in [7, 11) is 1.77. The molecule has 0 saturated carbocycles. The molecule has 4 rings (SSSR count). The summed E-state index contributed by atoms with van der Waals surface area (Å²) in [6, 6.07) is 0. The number of aliphatic imine (C=N–C) groups is 2. The van der Waals surface area contributed by atoms with Gasteiger partial charge in [-0.25, -0.2) is 0 Å². The topological polar surface area (TPSA) is 124 Å². The molecule has 0 aromatic rings. The average molecular weight is 649 g/mol. The Morgan fingerprint density at radius 3 is 1.96 bits per heavy atom. The van der Waals surface area contributed by atoms with E-state index in [9.17, 15) is 19.2 Å². The summed E-state index contributed by atoms with van der Waals surface area (Å²) in [5, 5.41) is 0. The summed E-state index contributed by atoms with van der Waals surface area (Å²) in [5.41, 5.74) is 0. The number of hydrogen-bond donors (Lipinski definition) is 0. The van der Waals surface area contributed by atoms with E-state index >= 15 is 0 Å². The van der Waals surface area contributed by atoms with E-state index in [2.05, 4.69) is 37.7 Å². The molecule has 46 heavy (non-hydrogen) atoms. The Hall–Kier alpha value is -3.18. The van der Waals surface area contributed by atoms with E-state index in [1.807, 2.05) is 35.5 Å². The van der Waals surface area contributed by atoms with E-state index < -0.39 is 0 Å². The van der Waals surface area contributed by atoms with Gasteiger partial charge in [0, 0.05) is 78.5 Å². The molecule has 4 heterocycles. The van der Waals surface area contributed by atoms with Crippen molar-refractivity contribution >= 4 is 35.4 Å². The summed E-state index contributed by atoms with van der Waals surface area (Å²) < 4.78 is 10.5. The lowest BCUT2D eigenvalue weighted by Crippen LogP contribution is -2.43. The molecule has 12 nitrogen and oxygen atoms in total. The van der Waals surface area contributed by atoms with Crippen molar-refractivity contribution in [2.45, 2.75) is 80.6 Å². The van der Waals surface area contributed by atoms with Crippen LogP contribution in [0.4, 0.5) is 0 Å². The Labute approximate surface area is 276 Å². The fourth-order valence-electron chi connectivity index (χ4n) is 5.83. The Morgan fingerprint density at radius 2 is 1.46 bits per heavy atom. The fraction of sp³-hybridized carbons (Fsp3) is 0.824. The molecule has 4 aliphatic rings. The van der Waals surface area contributed by atoms with Gasteiger partial charge in [-0.3, -0.25) is 29.2 Å². The molecule has 12 heteroatoms. The first-order valence-electron chi connectivity index (χ1n) is 17.3. The molecule has 0 bridgehead atoms. The van der Waals surface area contributed by atoms with Crippen LogP contribution in [0.3, 0.4) is 0 Å². The number of carbonyl (C=O) groups is 4. The first-order valence-corrected chi connectivity index (χ1v) is 17.3. The highest BCUT2D eigenvalue weighted by Gasteiger charge is 2.37. The van der Waals surface area contributed by atoms with Crippen molar-refractivity contribution in [1.82, 2.24) is 19.6 Å². The van der Waals surface area contributed by atoms with Gasteiger partial charge in [0.2, 0.25) is 23.6 Å². The number of carbonyl (C=O) groups excluding carboxylic acids is 4. The molecule has 2 fully saturated rings. The van der Waals surface area contributed by atoms with Gasteiger partial charge < -0.3 is 29.1 Å². The van der Waals surface area contributed by atoms with E-state index in [0.29, 0.717) is 70.4 Å². The molecule has 0 aromatic heterocycles. The van der Waals surface area contributed by atoms with E-state index in [4.69, 9.17) is 9.47 Å². The molecule has 0 aliphatic carbocycles. The number of ether oxygens (including phenoxy) is 2. The number of amides is 4. The highest BCUT2D eigenvalue weighted by Crippen LogP contribution is 2.23. The number of likely N-dealkylation sites (N-methyl/N-ethyl adjacent to an activating group) is 1. The quantitative estimate of drug-likeness (QED) is 0.302. The predicted molar refractivity (Wildman–Crippen MR) is 181 cm³/mol. The standard InChI is InChI=1S/C18H33N3O3.C11H18N2O2.C5H9NO/c1-6-8-20(10-9-19(5)16(22)7-2)18(24)15-11-17(23)21(13-15)12-14(3)4;1-8(2)6-13-7-9(5-10(13)14)11-12-3-4-15-11;1-2-5-6-3-4-7-5/h14-15H,6-13H2,1-5H3;8-9H,3-7H2,1-2H3;2-4H2,1H3. The number of hydrogen-bond acceptors (Lipinski definition) is 8. The van der Waals surface area contributed by atoms with Crippen LogP contribution in [0, 0.1) is 23.7 Å². The molecule has 4 amide bonds. The van der Waals surface area contributed by atoms with Crippen molar-refractivity contribution in [1.29, 1.82) is 0 Å². The van der Waals surface area contributed by atoms with E-state index in [-0.39, 0.29) is 35.5 Å². The van der Waals surface area contributed by atoms with Crippen molar-refractivity contribution in [2.24, 2.45) is 33.7 Å². The third-order valence-electron chi connectivity index (χ3n) is 8.10. The van der Waals surface area contributed by atoms with Gasteiger partial charge in [0.05, 0.1) is 24.9 Å². The van der Waals surface area contributed by atoms with Crippen LogP contribution in [-0.2, 0) is 28.7 Å². The van der Waals surface area contributed by atoms with Crippen LogP contribution >= 0.6 is 0 Å². The second-order valence-electron chi connectivity index (χ2n) is 13.2. The smallest absolute Gasteiger partial charge is 0.228 e. The summed E-state index contributed by atoms with van der Waals surface area (Å²) in [5.74, 6) is 3.07. The van der Waals surface area contributed by atoms with Gasteiger partial charge in [-0.05, 0) is 18.3 Å². The van der Waals surface area contributed by atoms with Crippen LogP contribution < -0.4 is 0 Å². The summed E-state index contributed by atoms with van der Waals surface area (Å²) in [6.45, 7) is 22.0. The van der Waals surface area contributed by atoms with Crippen LogP contribution in [0.2, 0.25) is 0 Å². The molecule has 0 N–H and O–H groups in total. The van der Waals surface area contributed by atoms with Gasteiger partial charge >= 0.3 is 0 Å². The van der Waals surface area contributed by atoms with Gasteiger partial charge in [-0.2, -0.15) is 0 Å². The lowest BCUT2D eigenvalue weighted by atomic mass is 10.1. The first kappa shape index (κ1) is 39.0. The third kappa shape index (κ3) is 12.9. The number of likely N-dealkylation sites (tertiary alicyclic amines) is 2. The molecule has 4 aliphatic heterocycles. The summed E-state index contributed by atoms with van der Waals surface area (Å²) in [4.78, 5) is 63.8. The molecule has 0 spiro atoms. The van der Waals surface area contributed by atoms with Crippen LogP contribution in [0.5, 0.6) is 0 Å². The van der Waals surface area contributed by atoms with E-state index in [1.54, 1.807) is 11.9 Å². The second-order valence-corrected chi connectivity index (χ2v) is 13.2. The second kappa shape index (κ2) is 20.1. The molecule has 2 atom stereocenters. The minimum Gasteiger partial charge on any atom is -0.479 e. The van der Waals surface area contributed by atoms with E-state index in [0.717, 1.165) is 57.4 Å². The Kier molecular flexibility index (Phi) is 17.1. The molecule has 2 saturated heterocycles. The van der Waals surface area contributed by atoms with Crippen molar-refractivity contribution in [3.63, 3.8) is 0 Å². The minimum absolute atomic E-state index is 0.0498. The van der Waals surface area contributed by atoms with Crippen molar-refractivity contribution in [3.8, 4) is 0 Å². The molecule has 2 unspecified atom stereocenters. The zero-order chi connectivity index (χ0) is 34.2. The van der Waals surface area contributed by atoms with Crippen molar-refractivity contribution in [3.05, 3.63) is 0 Å². The number of rotatable bonds is 13. The first-order chi connectivity index (χ1) is 21.9. The van der Waals surface area contributed by atoms with Crippen molar-refractivity contribution < 1.29 is 28.7 Å². The van der Waals surface area contributed by atoms with Gasteiger partial charge in [0.25, 0.3) is 0 Å². The van der Waals surface area contributed by atoms with Gasteiger partial charge in [-0.15, -0.1) is 0 Å². The summed E-state index contributed by atoms with van der Waals surface area (Å²) >= 11 is 0. The maximum absolute atomic E-state index is 12.8. The highest BCUT2D eigenvalue weighted by atomic mass is 16.5. The molecular weight excluding hydrogens is 588 g/mol. The molecular formula is C34H60N6O6. The molecule has 0 aromatic carbocycles. The SMILES string of the molecule is CC(C)CN1CC(C2=NCCO2)CC1=O.CCC1=NCCO1.CCCN(CCN(C)C(=O)CC)C(=O)C1CC(=O)N(CC(C)C)C1.